The van der Waals surface area contributed by atoms with E-state index in [1.165, 1.54) is 24.3 Å². The van der Waals surface area contributed by atoms with Gasteiger partial charge in [-0.2, -0.15) is 21.6 Å². The van der Waals surface area contributed by atoms with Gasteiger partial charge in [0.25, 0.3) is 0 Å². The van der Waals surface area contributed by atoms with Gasteiger partial charge in [0, 0.05) is 5.02 Å². The normalized spacial score (nSPS) is 12.2. The van der Waals surface area contributed by atoms with E-state index in [1.807, 2.05) is 0 Å². The van der Waals surface area contributed by atoms with Crippen molar-refractivity contribution in [3.8, 4) is 5.75 Å². The van der Waals surface area contributed by atoms with Crippen LogP contribution in [0.25, 0.3) is 0 Å². The molecule has 0 spiro atoms. The third-order valence-electron chi connectivity index (χ3n) is 2.47. The average Bonchev–Trinajstić information content (AvgIpc) is 2.38. The zero-order chi connectivity index (χ0) is 15.7. The first kappa shape index (κ1) is 15.7. The fourth-order valence-corrected chi connectivity index (χ4v) is 2.89. The molecular weight excluding hydrogens is 329 g/mol. The number of halogens is 4. The topological polar surface area (TPSA) is 43.4 Å². The summed E-state index contributed by atoms with van der Waals surface area (Å²) in [5, 5.41) is -0.221. The van der Waals surface area contributed by atoms with Gasteiger partial charge in [0.05, 0.1) is 5.56 Å². The number of benzene rings is 2. The molecule has 0 atom stereocenters. The maximum atomic E-state index is 12.9. The van der Waals surface area contributed by atoms with Crippen LogP contribution in [0.4, 0.5) is 13.2 Å². The Morgan fingerprint density at radius 3 is 2.19 bits per heavy atom. The molecule has 0 aliphatic heterocycles. The number of alkyl halides is 3. The number of hydrogen-bond acceptors (Lipinski definition) is 3. The minimum atomic E-state index is -4.87. The maximum absolute atomic E-state index is 12.9. The first-order valence-electron chi connectivity index (χ1n) is 5.56. The zero-order valence-electron chi connectivity index (χ0n) is 10.3. The minimum Gasteiger partial charge on any atom is -0.379 e. The summed E-state index contributed by atoms with van der Waals surface area (Å²) in [6.07, 6.45) is -4.87. The molecule has 2 rings (SSSR count). The molecule has 3 nitrogen and oxygen atoms in total. The summed E-state index contributed by atoms with van der Waals surface area (Å²) in [7, 11) is -4.62. The van der Waals surface area contributed by atoms with E-state index in [9.17, 15) is 21.6 Å². The summed E-state index contributed by atoms with van der Waals surface area (Å²) < 4.78 is 67.5. The van der Waals surface area contributed by atoms with Crippen LogP contribution in [0.5, 0.6) is 5.75 Å². The Bertz CT molecular complexity index is 743. The first-order valence-corrected chi connectivity index (χ1v) is 7.35. The molecule has 0 aliphatic rings. The second-order valence-electron chi connectivity index (χ2n) is 3.99. The summed E-state index contributed by atoms with van der Waals surface area (Å²) in [6.45, 7) is 0. The average molecular weight is 337 g/mol. The first-order chi connectivity index (χ1) is 9.70. The molecule has 0 saturated carbocycles. The lowest BCUT2D eigenvalue weighted by molar-refractivity contribution is -0.139. The Morgan fingerprint density at radius 2 is 1.62 bits per heavy atom. The van der Waals surface area contributed by atoms with E-state index in [0.717, 1.165) is 12.1 Å². The van der Waals surface area contributed by atoms with Crippen molar-refractivity contribution in [3.05, 3.63) is 59.1 Å². The molecule has 0 radical (unpaired) electrons. The van der Waals surface area contributed by atoms with Crippen LogP contribution in [-0.4, -0.2) is 8.42 Å². The van der Waals surface area contributed by atoms with Gasteiger partial charge in [0.15, 0.2) is 0 Å². The summed E-state index contributed by atoms with van der Waals surface area (Å²) in [6, 6.07) is 9.61. The molecule has 8 heteroatoms. The lowest BCUT2D eigenvalue weighted by Gasteiger charge is -2.14. The Hall–Kier alpha value is -1.73. The van der Waals surface area contributed by atoms with Gasteiger partial charge < -0.3 is 4.18 Å². The van der Waals surface area contributed by atoms with Gasteiger partial charge in [0.1, 0.15) is 10.6 Å². The number of hydrogen-bond donors (Lipinski definition) is 0. The number of rotatable bonds is 3. The molecule has 0 amide bonds. The Kier molecular flexibility index (Phi) is 4.15. The van der Waals surface area contributed by atoms with Crippen LogP contribution in [0.2, 0.25) is 5.02 Å². The number of para-hydroxylation sites is 1. The molecule has 0 N–H and O–H groups in total. The minimum absolute atomic E-state index is 0.0828. The van der Waals surface area contributed by atoms with E-state index >= 15 is 0 Å². The van der Waals surface area contributed by atoms with E-state index < -0.39 is 26.8 Å². The fourth-order valence-electron chi connectivity index (χ4n) is 1.59. The van der Waals surface area contributed by atoms with Crippen LogP contribution in [0.15, 0.2) is 53.4 Å². The van der Waals surface area contributed by atoms with Crippen LogP contribution in [0.1, 0.15) is 5.56 Å². The van der Waals surface area contributed by atoms with Gasteiger partial charge in [-0.1, -0.05) is 29.8 Å². The predicted octanol–water partition coefficient (Wildman–Crippen LogP) is 4.13. The van der Waals surface area contributed by atoms with E-state index in [2.05, 4.69) is 0 Å². The standard InChI is InChI=1S/C13H8ClF3O3S/c14-9-6-7-12(11(8-9)13(15,16)17)21(18,19)20-10-4-2-1-3-5-10/h1-8H. The SMILES string of the molecule is O=S(=O)(Oc1ccccc1)c1ccc(Cl)cc1C(F)(F)F. The van der Waals surface area contributed by atoms with Gasteiger partial charge in [-0.3, -0.25) is 0 Å². The highest BCUT2D eigenvalue weighted by atomic mass is 35.5. The highest BCUT2D eigenvalue weighted by molar-refractivity contribution is 7.87. The summed E-state index contributed by atoms with van der Waals surface area (Å²) in [5.74, 6) is -0.0828. The van der Waals surface area contributed by atoms with Crippen molar-refractivity contribution in [2.75, 3.05) is 0 Å². The molecule has 0 fully saturated rings. The van der Waals surface area contributed by atoms with Gasteiger partial charge >= 0.3 is 16.3 Å². The van der Waals surface area contributed by atoms with Crippen molar-refractivity contribution < 1.29 is 25.8 Å². The molecule has 2 aromatic rings. The van der Waals surface area contributed by atoms with Gasteiger partial charge in [-0.05, 0) is 30.3 Å². The largest absolute Gasteiger partial charge is 0.417 e. The molecule has 0 aliphatic carbocycles. The highest BCUT2D eigenvalue weighted by Crippen LogP contribution is 2.36. The molecule has 0 heterocycles. The Morgan fingerprint density at radius 1 is 1.00 bits per heavy atom. The van der Waals surface area contributed by atoms with Crippen LogP contribution >= 0.6 is 11.6 Å². The highest BCUT2D eigenvalue weighted by Gasteiger charge is 2.38. The third kappa shape index (κ3) is 3.68. The second kappa shape index (κ2) is 5.57. The fraction of sp³-hybridized carbons (Fsp3) is 0.0769. The second-order valence-corrected chi connectivity index (χ2v) is 5.94. The molecule has 0 saturated heterocycles. The maximum Gasteiger partial charge on any atom is 0.417 e. The predicted molar refractivity (Wildman–Crippen MR) is 70.7 cm³/mol. The molecule has 21 heavy (non-hydrogen) atoms. The van der Waals surface area contributed by atoms with E-state index in [4.69, 9.17) is 15.8 Å². The molecule has 112 valence electrons. The monoisotopic (exact) mass is 336 g/mol. The van der Waals surface area contributed by atoms with Gasteiger partial charge in [-0.25, -0.2) is 0 Å². The van der Waals surface area contributed by atoms with Crippen molar-refractivity contribution in [3.63, 3.8) is 0 Å². The molecular formula is C13H8ClF3O3S. The van der Waals surface area contributed by atoms with Crippen LogP contribution < -0.4 is 4.18 Å². The van der Waals surface area contributed by atoms with E-state index in [0.29, 0.717) is 6.07 Å². The van der Waals surface area contributed by atoms with Gasteiger partial charge in [0.2, 0.25) is 0 Å². The lowest BCUT2D eigenvalue weighted by Crippen LogP contribution is -2.17. The molecule has 2 aromatic carbocycles. The van der Waals surface area contributed by atoms with Gasteiger partial charge in [-0.15, -0.1) is 0 Å². The summed E-state index contributed by atoms with van der Waals surface area (Å²) in [4.78, 5) is -0.983. The molecule has 0 bridgehead atoms. The Labute approximate surface area is 124 Å². The summed E-state index contributed by atoms with van der Waals surface area (Å²) in [5.41, 5.74) is -1.37. The van der Waals surface area contributed by atoms with Crippen molar-refractivity contribution >= 4 is 21.7 Å². The quantitative estimate of drug-likeness (QED) is 0.792. The van der Waals surface area contributed by atoms with E-state index in [-0.39, 0.29) is 10.8 Å². The Balaban J connectivity index is 2.50. The smallest absolute Gasteiger partial charge is 0.379 e. The molecule has 0 unspecified atom stereocenters. The van der Waals surface area contributed by atoms with Crippen molar-refractivity contribution in [1.29, 1.82) is 0 Å². The van der Waals surface area contributed by atoms with Crippen molar-refractivity contribution in [2.45, 2.75) is 11.1 Å². The van der Waals surface area contributed by atoms with Crippen molar-refractivity contribution in [2.24, 2.45) is 0 Å². The van der Waals surface area contributed by atoms with Crippen LogP contribution in [-0.2, 0) is 16.3 Å². The summed E-state index contributed by atoms with van der Waals surface area (Å²) >= 11 is 5.50. The molecule has 0 aromatic heterocycles. The lowest BCUT2D eigenvalue weighted by atomic mass is 10.2. The van der Waals surface area contributed by atoms with Crippen molar-refractivity contribution in [1.82, 2.24) is 0 Å². The van der Waals surface area contributed by atoms with E-state index in [1.54, 1.807) is 6.07 Å². The third-order valence-corrected chi connectivity index (χ3v) is 4.01. The van der Waals surface area contributed by atoms with Crippen LogP contribution in [0.3, 0.4) is 0 Å². The zero-order valence-corrected chi connectivity index (χ0v) is 11.8. The van der Waals surface area contributed by atoms with Crippen LogP contribution in [0, 0.1) is 0 Å².